The molecule has 1 aromatic carbocycles. The predicted octanol–water partition coefficient (Wildman–Crippen LogP) is 3.72. The number of alkyl carbamates (subject to hydrolysis) is 1. The van der Waals surface area contributed by atoms with Crippen LogP contribution in [0.2, 0.25) is 0 Å². The number of nitrogens with zero attached hydrogens (tertiary/aromatic N) is 1. The molecule has 0 saturated carbocycles. The molecule has 0 unspecified atom stereocenters. The maximum absolute atomic E-state index is 13.9. The number of esters is 3. The van der Waals surface area contributed by atoms with Crippen molar-refractivity contribution >= 4 is 47.6 Å². The van der Waals surface area contributed by atoms with Gasteiger partial charge in [-0.1, -0.05) is 101 Å². The number of aliphatic hydroxyl groups is 1. The van der Waals surface area contributed by atoms with Crippen molar-refractivity contribution in [3.8, 4) is 0 Å². The van der Waals surface area contributed by atoms with Gasteiger partial charge in [-0.25, -0.2) is 19.2 Å². The van der Waals surface area contributed by atoms with Gasteiger partial charge in [0.2, 0.25) is 23.6 Å². The lowest BCUT2D eigenvalue weighted by molar-refractivity contribution is -0.152. The van der Waals surface area contributed by atoms with E-state index in [-0.39, 0.29) is 25.0 Å². The van der Waals surface area contributed by atoms with E-state index in [2.05, 4.69) is 27.8 Å². The van der Waals surface area contributed by atoms with Gasteiger partial charge in [-0.05, 0) is 58.9 Å². The molecule has 0 aliphatic heterocycles. The normalized spacial score (nSPS) is 16.1. The number of carbonyl (C=O) groups is 8. The van der Waals surface area contributed by atoms with Crippen LogP contribution in [0.4, 0.5) is 4.79 Å². The fourth-order valence-corrected chi connectivity index (χ4v) is 7.04. The molecule has 386 valence electrons. The number of hydrogen-bond acceptors (Lipinski definition) is 14. The van der Waals surface area contributed by atoms with Crippen molar-refractivity contribution in [1.82, 2.24) is 26.2 Å². The summed E-state index contributed by atoms with van der Waals surface area (Å²) < 4.78 is 26.2. The second-order valence-corrected chi connectivity index (χ2v) is 18.3. The average molecular weight is 972 g/mol. The Morgan fingerprint density at radius 1 is 0.783 bits per heavy atom. The number of rotatable bonds is 27. The number of allylic oxidation sites excluding steroid dienone is 2. The first-order valence-electron chi connectivity index (χ1n) is 22.9. The van der Waals surface area contributed by atoms with E-state index < -0.39 is 114 Å². The van der Waals surface area contributed by atoms with E-state index in [0.717, 1.165) is 30.3 Å². The summed E-state index contributed by atoms with van der Waals surface area (Å²) in [5.41, 5.74) is 1.09. The largest absolute Gasteiger partial charge is 0.467 e. The van der Waals surface area contributed by atoms with Crippen LogP contribution in [0.15, 0.2) is 66.8 Å². The Hall–Kier alpha value is -6.08. The first-order valence-corrected chi connectivity index (χ1v) is 22.9. The van der Waals surface area contributed by atoms with E-state index in [0.29, 0.717) is 6.42 Å². The lowest BCUT2D eigenvalue weighted by atomic mass is 9.94. The smallest absolute Gasteiger partial charge is 0.408 e. The van der Waals surface area contributed by atoms with E-state index in [1.807, 2.05) is 50.3 Å². The van der Waals surface area contributed by atoms with E-state index in [4.69, 9.17) is 23.7 Å². The molecule has 10 atom stereocenters. The first-order chi connectivity index (χ1) is 32.2. The van der Waals surface area contributed by atoms with Crippen LogP contribution in [0.25, 0.3) is 0 Å². The molecule has 0 spiro atoms. The van der Waals surface area contributed by atoms with Crippen molar-refractivity contribution in [2.75, 3.05) is 35.0 Å². The summed E-state index contributed by atoms with van der Waals surface area (Å²) in [4.78, 5) is 107. The van der Waals surface area contributed by atoms with Gasteiger partial charge in [0.15, 0.2) is 0 Å². The van der Waals surface area contributed by atoms with Gasteiger partial charge in [-0.3, -0.25) is 19.2 Å². The molecule has 1 aromatic rings. The van der Waals surface area contributed by atoms with Gasteiger partial charge in [-0.15, -0.1) is 0 Å². The molecule has 1 rings (SSSR count). The lowest BCUT2D eigenvalue weighted by Crippen LogP contribution is -2.59. The highest BCUT2D eigenvalue weighted by Crippen LogP contribution is 2.19. The molecular formula is C50H77N5O14. The molecular weight excluding hydrogens is 895 g/mol. The highest BCUT2D eigenvalue weighted by Gasteiger charge is 2.40. The minimum atomic E-state index is -1.63. The molecule has 19 nitrogen and oxygen atoms in total. The quantitative estimate of drug-likeness (QED) is 0.0365. The van der Waals surface area contributed by atoms with Crippen LogP contribution in [0, 0.1) is 23.7 Å². The van der Waals surface area contributed by atoms with E-state index in [1.165, 1.54) is 33.9 Å². The zero-order valence-electron chi connectivity index (χ0n) is 42.8. The zero-order valence-corrected chi connectivity index (χ0v) is 42.8. The van der Waals surface area contributed by atoms with Crippen molar-refractivity contribution in [2.45, 2.75) is 137 Å². The molecule has 69 heavy (non-hydrogen) atoms. The summed E-state index contributed by atoms with van der Waals surface area (Å²) in [6, 6.07) is 3.24. The molecule has 0 fully saturated rings. The van der Waals surface area contributed by atoms with Crippen LogP contribution >= 0.6 is 0 Å². The number of carbonyl (C=O) groups excluding carboxylic acids is 8. The average Bonchev–Trinajstić information content (AvgIpc) is 3.28. The molecule has 5 N–H and O–H groups in total. The Bertz CT molecular complexity index is 1950. The predicted molar refractivity (Wildman–Crippen MR) is 258 cm³/mol. The molecule has 0 saturated heterocycles. The fourth-order valence-electron chi connectivity index (χ4n) is 7.04. The Kier molecular flexibility index (Phi) is 26.3. The molecule has 19 heteroatoms. The van der Waals surface area contributed by atoms with Crippen molar-refractivity contribution < 1.29 is 67.1 Å². The number of hydrogen-bond donors (Lipinski definition) is 5. The number of nitrogens with one attached hydrogen (secondary N) is 4. The summed E-state index contributed by atoms with van der Waals surface area (Å²) in [7, 11) is 5.01. The third kappa shape index (κ3) is 21.0. The molecule has 5 amide bonds. The number of aliphatic hydroxyl groups excluding tert-OH is 1. The summed E-state index contributed by atoms with van der Waals surface area (Å²) in [6.45, 7) is 19.8. The van der Waals surface area contributed by atoms with E-state index in [9.17, 15) is 43.5 Å². The van der Waals surface area contributed by atoms with Crippen LogP contribution in [0.5, 0.6) is 0 Å². The molecule has 0 radical (unpaired) electrons. The van der Waals surface area contributed by atoms with Crippen LogP contribution in [0.1, 0.15) is 87.6 Å². The fraction of sp³-hybridized carbons (Fsp3) is 0.600. The highest BCUT2D eigenvalue weighted by molar-refractivity contribution is 5.95. The van der Waals surface area contributed by atoms with Gasteiger partial charge >= 0.3 is 24.0 Å². The Labute approximate surface area is 407 Å². The van der Waals surface area contributed by atoms with Gasteiger partial charge in [0.1, 0.15) is 36.4 Å². The topological polar surface area (TPSA) is 254 Å². The molecule has 0 bridgehead atoms. The van der Waals surface area contributed by atoms with Crippen molar-refractivity contribution in [3.63, 3.8) is 0 Å². The minimum Gasteiger partial charge on any atom is -0.467 e. The highest BCUT2D eigenvalue weighted by atomic mass is 16.6. The van der Waals surface area contributed by atoms with Crippen molar-refractivity contribution in [1.29, 1.82) is 0 Å². The SMILES string of the molecule is C=CCOC(=O)[C@@H](NC(=O)[C@@H](C)[C@@H](NC(=O)[C@H]([C@@H](C)O)N(C)C(=O)CC[C@@H](NC(=O)[C@@H](C)[C@@H](/C=C/C(C)=C/[C@H](C)[C@H](Cc1ccccc1)OC)NC(=O)OC(C)(C)C)C(=O)OC)C(=O)OC)C(C)C. The van der Waals surface area contributed by atoms with Gasteiger partial charge < -0.3 is 55.0 Å². The number of likely N-dealkylation sites (N-methyl/N-ethyl adjacent to an activating group) is 1. The summed E-state index contributed by atoms with van der Waals surface area (Å²) >= 11 is 0. The van der Waals surface area contributed by atoms with Gasteiger partial charge in [-0.2, -0.15) is 0 Å². The van der Waals surface area contributed by atoms with Crippen LogP contribution in [-0.4, -0.2) is 141 Å². The second-order valence-electron chi connectivity index (χ2n) is 18.3. The Morgan fingerprint density at radius 3 is 1.88 bits per heavy atom. The van der Waals surface area contributed by atoms with Gasteiger partial charge in [0.05, 0.1) is 44.3 Å². The number of amides is 5. The van der Waals surface area contributed by atoms with Crippen LogP contribution in [-0.2, 0) is 63.7 Å². The second kappa shape index (κ2) is 29.7. The first kappa shape index (κ1) is 60.9. The molecule has 0 aromatic heterocycles. The van der Waals surface area contributed by atoms with Crippen LogP contribution in [0.3, 0.4) is 0 Å². The summed E-state index contributed by atoms with van der Waals surface area (Å²) in [5.74, 6) is -8.71. The Balaban J connectivity index is 3.30. The number of ether oxygens (including phenoxy) is 5. The lowest BCUT2D eigenvalue weighted by Gasteiger charge is -2.32. The van der Waals surface area contributed by atoms with E-state index in [1.54, 1.807) is 53.9 Å². The zero-order chi connectivity index (χ0) is 52.8. The maximum atomic E-state index is 13.9. The Morgan fingerprint density at radius 2 is 1.36 bits per heavy atom. The molecule has 0 aliphatic rings. The standard InChI is InChI=1S/C50H77N5O14/c1-16-26-68-48(63)40(29(2)3)53-44(59)33(7)41(47(62)67-15)54-45(60)42(34(8)56)55(12)39(57)25-24-37(46(61)66-14)51-43(58)32(6)36(52-49(64)69-50(9,10)11)23-22-30(4)27-31(5)38(65-13)28-35-20-18-17-19-21-35/h16-23,27,29,31-34,36-38,40-42,56H,1,24-26,28H2,2-15H3,(H,51,58)(H,52,64)(H,53,59)(H,54,60)/b23-22+,30-27+/t31-,32-,33-,34+,36+,37+,38-,40-,41+,42-/m0/s1. The minimum absolute atomic E-state index is 0.0186. The van der Waals surface area contributed by atoms with Gasteiger partial charge in [0, 0.05) is 26.5 Å². The third-order valence-corrected chi connectivity index (χ3v) is 11.1. The number of methoxy groups -OCH3 is 3. The number of benzene rings is 1. The maximum Gasteiger partial charge on any atom is 0.408 e. The van der Waals surface area contributed by atoms with E-state index >= 15 is 0 Å². The monoisotopic (exact) mass is 972 g/mol. The van der Waals surface area contributed by atoms with Crippen molar-refractivity contribution in [2.24, 2.45) is 23.7 Å². The molecule has 0 aliphatic carbocycles. The van der Waals surface area contributed by atoms with Gasteiger partial charge in [0.25, 0.3) is 0 Å². The molecule has 0 heterocycles. The summed E-state index contributed by atoms with van der Waals surface area (Å²) in [6.07, 6.45) is 4.24. The van der Waals surface area contributed by atoms with Crippen molar-refractivity contribution in [3.05, 3.63) is 72.4 Å². The van der Waals surface area contributed by atoms with Crippen LogP contribution < -0.4 is 21.3 Å². The summed E-state index contributed by atoms with van der Waals surface area (Å²) in [5, 5.41) is 21.0. The third-order valence-electron chi connectivity index (χ3n) is 11.1.